The van der Waals surface area contributed by atoms with Gasteiger partial charge in [-0.05, 0) is 12.6 Å². The van der Waals surface area contributed by atoms with Gasteiger partial charge in [-0.3, -0.25) is 0 Å². The van der Waals surface area contributed by atoms with E-state index in [4.69, 9.17) is 10.5 Å². The predicted octanol–water partition coefficient (Wildman–Crippen LogP) is 0.836. The molecule has 2 heterocycles. The molecule has 0 aliphatic heterocycles. The molecule has 0 atom stereocenters. The Morgan fingerprint density at radius 3 is 3.06 bits per heavy atom. The number of aromatic nitrogens is 3. The molecule has 2 aromatic heterocycles. The van der Waals surface area contributed by atoms with E-state index in [0.29, 0.717) is 19.0 Å². The minimum absolute atomic E-state index is 0.618. The van der Waals surface area contributed by atoms with Crippen molar-refractivity contribution in [3.8, 4) is 5.88 Å². The fraction of sp³-hybridized carbons (Fsp3) is 0.333. The third-order valence-electron chi connectivity index (χ3n) is 2.48. The van der Waals surface area contributed by atoms with E-state index in [2.05, 4.69) is 9.97 Å². The second kappa shape index (κ2) is 5.45. The van der Waals surface area contributed by atoms with Crippen LogP contribution in [0.25, 0.3) is 0 Å². The Morgan fingerprint density at radius 1 is 1.41 bits per heavy atom. The van der Waals surface area contributed by atoms with E-state index >= 15 is 0 Å². The lowest BCUT2D eigenvalue weighted by molar-refractivity contribution is 0.391. The van der Waals surface area contributed by atoms with Gasteiger partial charge in [-0.25, -0.2) is 9.97 Å². The number of pyridine rings is 1. The Balaban J connectivity index is 2.13. The smallest absolute Gasteiger partial charge is 0.218 e. The molecule has 0 unspecified atom stereocenters. The molecule has 0 fully saturated rings. The van der Waals surface area contributed by atoms with Crippen molar-refractivity contribution in [2.24, 2.45) is 5.73 Å². The van der Waals surface area contributed by atoms with Crippen LogP contribution >= 0.6 is 0 Å². The zero-order chi connectivity index (χ0) is 12.1. The van der Waals surface area contributed by atoms with Crippen molar-refractivity contribution in [1.82, 2.24) is 14.5 Å². The van der Waals surface area contributed by atoms with Gasteiger partial charge in [0.2, 0.25) is 5.88 Å². The van der Waals surface area contributed by atoms with Crippen LogP contribution in [-0.2, 0) is 13.0 Å². The molecular formula is C12H16N4O. The van der Waals surface area contributed by atoms with Crippen LogP contribution in [0, 0.1) is 0 Å². The first-order chi connectivity index (χ1) is 8.33. The quantitative estimate of drug-likeness (QED) is 0.829. The standard InChI is InChI=1S/C12H16N4O/c1-17-12-10(3-2-6-14-12)7-16-8-11(4-5-13)15-9-16/h2-3,6,8-9H,4-5,7,13H2,1H3. The first kappa shape index (κ1) is 11.6. The van der Waals surface area contributed by atoms with Gasteiger partial charge in [0.1, 0.15) is 0 Å². The number of rotatable bonds is 5. The summed E-state index contributed by atoms with van der Waals surface area (Å²) in [6.45, 7) is 1.32. The molecule has 0 aliphatic carbocycles. The van der Waals surface area contributed by atoms with Crippen molar-refractivity contribution in [2.45, 2.75) is 13.0 Å². The largest absolute Gasteiger partial charge is 0.481 e. The van der Waals surface area contributed by atoms with E-state index in [0.717, 1.165) is 17.7 Å². The molecule has 0 spiro atoms. The van der Waals surface area contributed by atoms with Crippen LogP contribution < -0.4 is 10.5 Å². The summed E-state index contributed by atoms with van der Waals surface area (Å²) in [6.07, 6.45) is 6.32. The maximum atomic E-state index is 5.49. The lowest BCUT2D eigenvalue weighted by Crippen LogP contribution is -2.03. The summed E-state index contributed by atoms with van der Waals surface area (Å²) in [4.78, 5) is 8.44. The molecular weight excluding hydrogens is 216 g/mol. The van der Waals surface area contributed by atoms with Gasteiger partial charge in [-0.2, -0.15) is 0 Å². The topological polar surface area (TPSA) is 66.0 Å². The van der Waals surface area contributed by atoms with Crippen molar-refractivity contribution in [1.29, 1.82) is 0 Å². The van der Waals surface area contributed by atoms with Crippen LogP contribution in [0.5, 0.6) is 5.88 Å². The summed E-state index contributed by atoms with van der Waals surface area (Å²) in [6, 6.07) is 3.89. The molecule has 0 bridgehead atoms. The van der Waals surface area contributed by atoms with E-state index in [1.54, 1.807) is 19.6 Å². The molecule has 2 rings (SSSR count). The van der Waals surface area contributed by atoms with Crippen LogP contribution in [0.2, 0.25) is 0 Å². The van der Waals surface area contributed by atoms with Crippen molar-refractivity contribution in [2.75, 3.05) is 13.7 Å². The van der Waals surface area contributed by atoms with E-state index in [9.17, 15) is 0 Å². The minimum Gasteiger partial charge on any atom is -0.481 e. The molecule has 0 saturated carbocycles. The van der Waals surface area contributed by atoms with Crippen LogP contribution in [0.3, 0.4) is 0 Å². The lowest BCUT2D eigenvalue weighted by Gasteiger charge is -2.06. The van der Waals surface area contributed by atoms with Gasteiger partial charge in [0, 0.05) is 24.4 Å². The molecule has 90 valence electrons. The van der Waals surface area contributed by atoms with E-state index in [-0.39, 0.29) is 0 Å². The lowest BCUT2D eigenvalue weighted by atomic mass is 10.2. The number of hydrogen-bond donors (Lipinski definition) is 1. The van der Waals surface area contributed by atoms with Crippen molar-refractivity contribution in [3.63, 3.8) is 0 Å². The Kier molecular flexibility index (Phi) is 3.72. The molecule has 0 aromatic carbocycles. The van der Waals surface area contributed by atoms with Gasteiger partial charge in [0.25, 0.3) is 0 Å². The number of hydrogen-bond acceptors (Lipinski definition) is 4. The maximum absolute atomic E-state index is 5.49. The van der Waals surface area contributed by atoms with Crippen LogP contribution in [0.4, 0.5) is 0 Å². The van der Waals surface area contributed by atoms with E-state index < -0.39 is 0 Å². The summed E-state index contributed by atoms with van der Waals surface area (Å²) in [5.74, 6) is 0.654. The SMILES string of the molecule is COc1ncccc1Cn1cnc(CCN)c1. The van der Waals surface area contributed by atoms with E-state index in [1.165, 1.54) is 0 Å². The van der Waals surface area contributed by atoms with Crippen LogP contribution in [-0.4, -0.2) is 28.2 Å². The zero-order valence-corrected chi connectivity index (χ0v) is 9.84. The van der Waals surface area contributed by atoms with Gasteiger partial charge in [0.05, 0.1) is 25.7 Å². The number of nitrogens with two attached hydrogens (primary N) is 1. The van der Waals surface area contributed by atoms with Gasteiger partial charge >= 0.3 is 0 Å². The Labute approximate surface area is 100 Å². The normalized spacial score (nSPS) is 10.5. The average molecular weight is 232 g/mol. The highest BCUT2D eigenvalue weighted by atomic mass is 16.5. The third-order valence-corrected chi connectivity index (χ3v) is 2.48. The summed E-state index contributed by atoms with van der Waals surface area (Å²) < 4.78 is 7.21. The number of methoxy groups -OCH3 is 1. The molecule has 0 amide bonds. The predicted molar refractivity (Wildman–Crippen MR) is 64.9 cm³/mol. The van der Waals surface area contributed by atoms with Gasteiger partial charge in [-0.15, -0.1) is 0 Å². The van der Waals surface area contributed by atoms with Crippen LogP contribution in [0.1, 0.15) is 11.3 Å². The fourth-order valence-electron chi connectivity index (χ4n) is 1.69. The van der Waals surface area contributed by atoms with Crippen LogP contribution in [0.15, 0.2) is 30.9 Å². The number of ether oxygens (including phenoxy) is 1. The summed E-state index contributed by atoms with van der Waals surface area (Å²) in [7, 11) is 1.62. The Hall–Kier alpha value is -1.88. The Morgan fingerprint density at radius 2 is 2.29 bits per heavy atom. The molecule has 2 aromatic rings. The van der Waals surface area contributed by atoms with E-state index in [1.807, 2.05) is 22.9 Å². The summed E-state index contributed by atoms with van der Waals surface area (Å²) in [5, 5.41) is 0. The minimum atomic E-state index is 0.618. The third kappa shape index (κ3) is 2.82. The van der Waals surface area contributed by atoms with Crippen molar-refractivity contribution >= 4 is 0 Å². The Bertz CT molecular complexity index is 481. The molecule has 0 radical (unpaired) electrons. The summed E-state index contributed by atoms with van der Waals surface area (Å²) >= 11 is 0. The first-order valence-corrected chi connectivity index (χ1v) is 5.52. The fourth-order valence-corrected chi connectivity index (χ4v) is 1.69. The van der Waals surface area contributed by atoms with Crippen molar-refractivity contribution < 1.29 is 4.74 Å². The van der Waals surface area contributed by atoms with Crippen molar-refractivity contribution in [3.05, 3.63) is 42.1 Å². The van der Waals surface area contributed by atoms with Gasteiger partial charge < -0.3 is 15.0 Å². The second-order valence-corrected chi connectivity index (χ2v) is 3.75. The highest BCUT2D eigenvalue weighted by Crippen LogP contribution is 2.15. The number of nitrogens with zero attached hydrogens (tertiary/aromatic N) is 3. The zero-order valence-electron chi connectivity index (χ0n) is 9.84. The highest BCUT2D eigenvalue weighted by Gasteiger charge is 2.04. The summed E-state index contributed by atoms with van der Waals surface area (Å²) in [5.41, 5.74) is 7.53. The average Bonchev–Trinajstić information content (AvgIpc) is 2.78. The van der Waals surface area contributed by atoms with Gasteiger partial charge in [0.15, 0.2) is 0 Å². The molecule has 0 saturated heterocycles. The molecule has 5 heteroatoms. The molecule has 2 N–H and O–H groups in total. The first-order valence-electron chi connectivity index (χ1n) is 5.52. The molecule has 5 nitrogen and oxygen atoms in total. The molecule has 17 heavy (non-hydrogen) atoms. The molecule has 0 aliphatic rings. The maximum Gasteiger partial charge on any atom is 0.218 e. The monoisotopic (exact) mass is 232 g/mol. The second-order valence-electron chi connectivity index (χ2n) is 3.75. The highest BCUT2D eigenvalue weighted by molar-refractivity contribution is 5.25. The van der Waals surface area contributed by atoms with Gasteiger partial charge in [-0.1, -0.05) is 6.07 Å². The number of imidazole rings is 1.